The SMILES string of the molecule is CC/C=C\C/C=C\C/C=C\C/C=C\C/C=C\C/C=C\CCC(=O)OCC(COP(=O)(O)OCC(O)COP(=O)(O)OCC(COC(=O)CCCCC/C=C\C/C=C\C/C=C\C/C=C\C/C=C\CC)OC(=O)CCCCCCC/C=C\CCCCCCCC)OC(=O)CCCCCCC/C=C\C/C=C\CCC. The van der Waals surface area contributed by atoms with Crippen LogP contribution < -0.4 is 0 Å². The maximum absolute atomic E-state index is 13.1. The van der Waals surface area contributed by atoms with Crippen LogP contribution in [0.1, 0.15) is 297 Å². The number of ether oxygens (including phenoxy) is 4. The predicted molar refractivity (Wildman–Crippen MR) is 436 cm³/mol. The summed E-state index contributed by atoms with van der Waals surface area (Å²) in [5, 5.41) is 10.6. The van der Waals surface area contributed by atoms with Gasteiger partial charge >= 0.3 is 39.5 Å². The van der Waals surface area contributed by atoms with Crippen LogP contribution in [0.2, 0.25) is 0 Å². The molecule has 0 rings (SSSR count). The van der Waals surface area contributed by atoms with Gasteiger partial charge in [0.25, 0.3) is 0 Å². The van der Waals surface area contributed by atoms with Crippen molar-refractivity contribution in [1.82, 2.24) is 0 Å². The fourth-order valence-corrected chi connectivity index (χ4v) is 11.6. The first-order valence-corrected chi connectivity index (χ1v) is 43.4. The predicted octanol–water partition coefficient (Wildman–Crippen LogP) is 23.8. The largest absolute Gasteiger partial charge is 0.472 e. The van der Waals surface area contributed by atoms with Crippen LogP contribution in [0, 0.1) is 0 Å². The minimum atomic E-state index is -5.01. The fourth-order valence-electron chi connectivity index (χ4n) is 10.1. The Hall–Kier alpha value is -5.58. The first-order chi connectivity index (χ1) is 51.7. The van der Waals surface area contributed by atoms with E-state index in [9.17, 15) is 43.2 Å². The highest BCUT2D eigenvalue weighted by Crippen LogP contribution is 2.45. The lowest BCUT2D eigenvalue weighted by molar-refractivity contribution is -0.161. The molecule has 0 heterocycles. The fraction of sp³-hybridized carbons (Fsp3) is 0.632. The van der Waals surface area contributed by atoms with Crippen molar-refractivity contribution < 1.29 is 80.2 Å². The van der Waals surface area contributed by atoms with E-state index in [0.717, 1.165) is 173 Å². The van der Waals surface area contributed by atoms with Crippen LogP contribution in [-0.2, 0) is 65.4 Å². The molecule has 0 aromatic rings. The van der Waals surface area contributed by atoms with E-state index < -0.39 is 97.5 Å². The van der Waals surface area contributed by atoms with Crippen molar-refractivity contribution >= 4 is 39.5 Å². The number of unbranched alkanes of at least 4 members (excludes halogenated alkanes) is 20. The van der Waals surface area contributed by atoms with Gasteiger partial charge in [-0.1, -0.05) is 281 Å². The van der Waals surface area contributed by atoms with Crippen LogP contribution in [0.25, 0.3) is 0 Å². The number of hydrogen-bond donors (Lipinski definition) is 3. The van der Waals surface area contributed by atoms with E-state index in [4.69, 9.17) is 37.0 Å². The normalized spacial score (nSPS) is 14.7. The molecule has 5 atom stereocenters. The van der Waals surface area contributed by atoms with Gasteiger partial charge < -0.3 is 33.8 Å². The molecule has 0 amide bonds. The molecule has 19 heteroatoms. The zero-order valence-corrected chi connectivity index (χ0v) is 67.6. The number of aliphatic hydroxyl groups is 1. The second-order valence-corrected chi connectivity index (χ2v) is 29.1. The average molecular weight is 1520 g/mol. The van der Waals surface area contributed by atoms with Crippen molar-refractivity contribution in [2.75, 3.05) is 39.6 Å². The van der Waals surface area contributed by atoms with E-state index in [2.05, 4.69) is 180 Å². The first kappa shape index (κ1) is 100. The van der Waals surface area contributed by atoms with Gasteiger partial charge in [0.2, 0.25) is 0 Å². The summed E-state index contributed by atoms with van der Waals surface area (Å²) in [6, 6.07) is 0. The molecule has 0 aliphatic carbocycles. The zero-order valence-electron chi connectivity index (χ0n) is 65.8. The summed E-state index contributed by atoms with van der Waals surface area (Å²) in [4.78, 5) is 73.0. The molecule has 0 aromatic heterocycles. The van der Waals surface area contributed by atoms with Gasteiger partial charge in [-0.3, -0.25) is 37.3 Å². The highest BCUT2D eigenvalue weighted by Gasteiger charge is 2.30. The van der Waals surface area contributed by atoms with Crippen LogP contribution in [0.15, 0.2) is 170 Å². The Kier molecular flexibility index (Phi) is 73.5. The molecule has 0 aromatic carbocycles. The van der Waals surface area contributed by atoms with Crippen molar-refractivity contribution in [3.63, 3.8) is 0 Å². The number of phosphoric acid groups is 2. The Morgan fingerprint density at radius 2 is 0.528 bits per heavy atom. The quantitative estimate of drug-likeness (QED) is 0.0169. The monoisotopic (exact) mass is 1520 g/mol. The number of hydrogen-bond acceptors (Lipinski definition) is 15. The molecular weight excluding hydrogens is 1380 g/mol. The summed E-state index contributed by atoms with van der Waals surface area (Å²) in [5.41, 5.74) is 0. The van der Waals surface area contributed by atoms with Crippen LogP contribution in [0.3, 0.4) is 0 Å². The van der Waals surface area contributed by atoms with Gasteiger partial charge in [-0.2, -0.15) is 0 Å². The number of carbonyl (C=O) groups excluding carboxylic acids is 4. The second kappa shape index (κ2) is 77.6. The summed E-state index contributed by atoms with van der Waals surface area (Å²) >= 11 is 0. The van der Waals surface area contributed by atoms with E-state index >= 15 is 0 Å². The topological polar surface area (TPSA) is 237 Å². The second-order valence-electron chi connectivity index (χ2n) is 26.2. The molecule has 602 valence electrons. The zero-order chi connectivity index (χ0) is 77.4. The maximum Gasteiger partial charge on any atom is 0.472 e. The number of phosphoric ester groups is 2. The third-order valence-electron chi connectivity index (χ3n) is 16.1. The molecule has 0 fully saturated rings. The van der Waals surface area contributed by atoms with Crippen molar-refractivity contribution in [3.8, 4) is 0 Å². The minimum absolute atomic E-state index is 0.0270. The molecule has 106 heavy (non-hydrogen) atoms. The standard InChI is InChI=1S/C87H142O17P2/c1-5-9-13-17-21-25-29-33-36-38-40-42-45-48-51-55-59-63-67-71-84(89)97-77-82(103-86(91)73-69-65-61-57-53-47-32-28-24-20-16-12-8-4)79-101-105(93,94)99-75-81(88)76-100-106(95,96)102-80-83(104-87(92)74-70-66-62-58-54-50-44-35-31-27-23-19-15-11-7-3)78-98-85(90)72-68-64-60-56-52-49-46-43-41-39-37-34-30-26-22-18-14-10-6-2/h9-10,13-14,16,20-22,25-26,28,32-37,40-44,48-49,51-52,59,63,81-83,88H,5-8,11-12,15,17-19,23-24,27,29-31,38-39,45-47,50,53-58,60-62,64-80H2,1-4H3,(H,93,94)(H,95,96)/b13-9-,14-10-,20-16-,25-21-,26-22-,32-28-,36-33-,37-34-,42-40-,43-41-,44-35-,51-48-,52-49-,63-59-. The maximum atomic E-state index is 13.1. The van der Waals surface area contributed by atoms with Crippen LogP contribution >= 0.6 is 15.6 Å². The van der Waals surface area contributed by atoms with E-state index in [1.54, 1.807) is 0 Å². The van der Waals surface area contributed by atoms with Gasteiger partial charge in [0.1, 0.15) is 19.3 Å². The third-order valence-corrected chi connectivity index (χ3v) is 18.0. The lowest BCUT2D eigenvalue weighted by Gasteiger charge is -2.21. The van der Waals surface area contributed by atoms with Crippen molar-refractivity contribution in [1.29, 1.82) is 0 Å². The van der Waals surface area contributed by atoms with Gasteiger partial charge in [-0.15, -0.1) is 0 Å². The summed E-state index contributed by atoms with van der Waals surface area (Å²) in [6.45, 7) is 4.42. The van der Waals surface area contributed by atoms with Crippen molar-refractivity contribution in [3.05, 3.63) is 170 Å². The van der Waals surface area contributed by atoms with Gasteiger partial charge in [-0.25, -0.2) is 9.13 Å². The molecule has 0 bridgehead atoms. The number of carbonyl (C=O) groups is 4. The summed E-state index contributed by atoms with van der Waals surface area (Å²) < 4.78 is 68.5. The molecule has 0 radical (unpaired) electrons. The molecule has 0 aliphatic rings. The van der Waals surface area contributed by atoms with E-state index in [1.807, 2.05) is 18.2 Å². The van der Waals surface area contributed by atoms with Crippen LogP contribution in [0.4, 0.5) is 0 Å². The summed E-state index contributed by atoms with van der Waals surface area (Å²) in [5.74, 6) is -2.34. The van der Waals surface area contributed by atoms with E-state index in [-0.39, 0.29) is 25.7 Å². The van der Waals surface area contributed by atoms with Crippen LogP contribution in [0.5, 0.6) is 0 Å². The highest BCUT2D eigenvalue weighted by atomic mass is 31.2. The lowest BCUT2D eigenvalue weighted by atomic mass is 10.1. The minimum Gasteiger partial charge on any atom is -0.462 e. The number of rotatable bonds is 74. The molecule has 5 unspecified atom stereocenters. The number of aliphatic hydroxyl groups excluding tert-OH is 1. The van der Waals surface area contributed by atoms with Gasteiger partial charge in [0, 0.05) is 25.7 Å². The molecule has 0 saturated heterocycles. The number of esters is 4. The third kappa shape index (κ3) is 76.6. The highest BCUT2D eigenvalue weighted by molar-refractivity contribution is 7.47. The van der Waals surface area contributed by atoms with E-state index in [0.29, 0.717) is 32.1 Å². The molecule has 17 nitrogen and oxygen atoms in total. The van der Waals surface area contributed by atoms with Gasteiger partial charge in [0.05, 0.1) is 26.4 Å². The van der Waals surface area contributed by atoms with Gasteiger partial charge in [-0.05, 0) is 161 Å². The molecule has 3 N–H and O–H groups in total. The molecule has 0 spiro atoms. The lowest BCUT2D eigenvalue weighted by Crippen LogP contribution is -2.30. The Balaban J connectivity index is 5.47. The van der Waals surface area contributed by atoms with Crippen molar-refractivity contribution in [2.45, 2.75) is 316 Å². The van der Waals surface area contributed by atoms with Crippen LogP contribution in [-0.4, -0.2) is 96.7 Å². The smallest absolute Gasteiger partial charge is 0.462 e. The summed E-state index contributed by atoms with van der Waals surface area (Å²) in [7, 11) is -10.0. The Morgan fingerprint density at radius 3 is 0.868 bits per heavy atom. The first-order valence-electron chi connectivity index (χ1n) is 40.4. The Labute approximate surface area is 642 Å². The van der Waals surface area contributed by atoms with Crippen molar-refractivity contribution in [2.24, 2.45) is 0 Å². The van der Waals surface area contributed by atoms with Gasteiger partial charge in [0.15, 0.2) is 12.2 Å². The Morgan fingerprint density at radius 1 is 0.274 bits per heavy atom. The number of allylic oxidation sites excluding steroid dienone is 28. The molecule has 0 saturated carbocycles. The molecule has 0 aliphatic heterocycles. The molecular formula is C87H142O17P2. The summed E-state index contributed by atoms with van der Waals surface area (Å²) in [6.07, 6.45) is 92.0. The van der Waals surface area contributed by atoms with E-state index in [1.165, 1.54) is 38.5 Å². The Bertz CT molecular complexity index is 2680. The average Bonchev–Trinajstić information content (AvgIpc) is 0.901.